The molecule has 0 saturated carbocycles. The molecule has 4 nitrogen and oxygen atoms in total. The first-order valence-corrected chi connectivity index (χ1v) is 7.69. The van der Waals surface area contributed by atoms with Crippen LogP contribution in [0.1, 0.15) is 5.56 Å². The van der Waals surface area contributed by atoms with Crippen molar-refractivity contribution in [2.45, 2.75) is 6.54 Å². The smallest absolute Gasteiger partial charge is 0.123 e. The predicted molar refractivity (Wildman–Crippen MR) is 69.6 cm³/mol. The van der Waals surface area contributed by atoms with Crippen LogP contribution in [0.2, 0.25) is 0 Å². The Kier molecular flexibility index (Phi) is 3.47. The average molecular weight is 267 g/mol. The zero-order chi connectivity index (χ0) is 13.2. The SMILES string of the molecule is CS(C)(=O)=NCc1cnn(-c2ccc(F)cc2)c1. The highest BCUT2D eigenvalue weighted by Crippen LogP contribution is 2.10. The molecule has 0 bridgehead atoms. The van der Waals surface area contributed by atoms with Crippen molar-refractivity contribution < 1.29 is 8.60 Å². The van der Waals surface area contributed by atoms with Crippen LogP contribution in [0, 0.1) is 5.82 Å². The van der Waals surface area contributed by atoms with Crippen LogP contribution in [0.4, 0.5) is 4.39 Å². The molecule has 1 aromatic carbocycles. The zero-order valence-corrected chi connectivity index (χ0v) is 11.0. The normalized spacial score (nSPS) is 11.5. The molecule has 0 spiro atoms. The summed E-state index contributed by atoms with van der Waals surface area (Å²) in [4.78, 5) is 0. The highest BCUT2D eigenvalue weighted by Gasteiger charge is 2.01. The Hall–Kier alpha value is -1.69. The Balaban J connectivity index is 2.21. The number of aromatic nitrogens is 2. The predicted octanol–water partition coefficient (Wildman–Crippen LogP) is 2.24. The second kappa shape index (κ2) is 4.89. The minimum Gasteiger partial charge on any atom is -0.250 e. The largest absolute Gasteiger partial charge is 0.250 e. The maximum Gasteiger partial charge on any atom is 0.123 e. The molecule has 0 saturated heterocycles. The standard InChI is InChI=1S/C12H14FN3OS/c1-18(2,17)15-8-10-7-14-16(9-10)12-5-3-11(13)4-6-12/h3-7,9H,8H2,1-2H3. The maximum absolute atomic E-state index is 12.8. The third-order valence-electron chi connectivity index (χ3n) is 2.29. The molecule has 0 unspecified atom stereocenters. The first-order chi connectivity index (χ1) is 8.44. The van der Waals surface area contributed by atoms with E-state index in [-0.39, 0.29) is 5.82 Å². The van der Waals surface area contributed by atoms with Crippen molar-refractivity contribution in [3.63, 3.8) is 0 Å². The van der Waals surface area contributed by atoms with Crippen LogP contribution in [0.5, 0.6) is 0 Å². The maximum atomic E-state index is 12.8. The number of benzene rings is 1. The molecular weight excluding hydrogens is 253 g/mol. The number of rotatable bonds is 3. The van der Waals surface area contributed by atoms with Gasteiger partial charge in [0, 0.05) is 34.0 Å². The highest BCUT2D eigenvalue weighted by atomic mass is 32.2. The second-order valence-electron chi connectivity index (χ2n) is 4.24. The summed E-state index contributed by atoms with van der Waals surface area (Å²) in [5.74, 6) is -0.280. The zero-order valence-electron chi connectivity index (χ0n) is 10.2. The summed E-state index contributed by atoms with van der Waals surface area (Å²) in [5, 5.41) is 4.16. The van der Waals surface area contributed by atoms with E-state index < -0.39 is 9.73 Å². The van der Waals surface area contributed by atoms with Gasteiger partial charge in [0.25, 0.3) is 0 Å². The van der Waals surface area contributed by atoms with Crippen molar-refractivity contribution in [1.82, 2.24) is 9.78 Å². The van der Waals surface area contributed by atoms with Gasteiger partial charge in [-0.1, -0.05) is 0 Å². The van der Waals surface area contributed by atoms with Crippen LogP contribution in [0.25, 0.3) is 5.69 Å². The summed E-state index contributed by atoms with van der Waals surface area (Å²) in [6.07, 6.45) is 6.65. The van der Waals surface area contributed by atoms with Crippen molar-refractivity contribution in [3.8, 4) is 5.69 Å². The van der Waals surface area contributed by atoms with Gasteiger partial charge in [-0.25, -0.2) is 13.4 Å². The molecule has 0 radical (unpaired) electrons. The molecule has 0 aliphatic rings. The third-order valence-corrected chi connectivity index (χ3v) is 3.04. The summed E-state index contributed by atoms with van der Waals surface area (Å²) in [7, 11) is -2.09. The first-order valence-electron chi connectivity index (χ1n) is 5.36. The van der Waals surface area contributed by atoms with Crippen LogP contribution < -0.4 is 0 Å². The van der Waals surface area contributed by atoms with Gasteiger partial charge in [-0.15, -0.1) is 0 Å². The molecular formula is C12H14FN3OS. The fraction of sp³-hybridized carbons (Fsp3) is 0.250. The lowest BCUT2D eigenvalue weighted by atomic mass is 10.3. The van der Waals surface area contributed by atoms with Crippen molar-refractivity contribution in [2.24, 2.45) is 4.36 Å². The van der Waals surface area contributed by atoms with Gasteiger partial charge in [0.05, 0.1) is 18.4 Å². The summed E-state index contributed by atoms with van der Waals surface area (Å²) in [6.45, 7) is 0.368. The van der Waals surface area contributed by atoms with Crippen LogP contribution in [0.15, 0.2) is 41.0 Å². The number of halogens is 1. The van der Waals surface area contributed by atoms with E-state index in [0.717, 1.165) is 11.3 Å². The van der Waals surface area contributed by atoms with E-state index >= 15 is 0 Å². The van der Waals surface area contributed by atoms with Gasteiger partial charge in [0.2, 0.25) is 0 Å². The molecule has 1 aromatic heterocycles. The van der Waals surface area contributed by atoms with E-state index in [1.54, 1.807) is 41.7 Å². The lowest BCUT2D eigenvalue weighted by molar-refractivity contribution is 0.627. The number of hydrogen-bond acceptors (Lipinski definition) is 3. The molecule has 1 heterocycles. The lowest BCUT2D eigenvalue weighted by Crippen LogP contribution is -1.94. The van der Waals surface area contributed by atoms with E-state index in [9.17, 15) is 8.60 Å². The summed E-state index contributed by atoms with van der Waals surface area (Å²) >= 11 is 0. The van der Waals surface area contributed by atoms with E-state index in [1.165, 1.54) is 12.1 Å². The van der Waals surface area contributed by atoms with Gasteiger partial charge >= 0.3 is 0 Å². The lowest BCUT2D eigenvalue weighted by Gasteiger charge is -1.99. The van der Waals surface area contributed by atoms with E-state index in [0.29, 0.717) is 6.54 Å². The molecule has 0 amide bonds. The molecule has 6 heteroatoms. The van der Waals surface area contributed by atoms with Crippen molar-refractivity contribution >= 4 is 9.73 Å². The minimum atomic E-state index is -2.09. The van der Waals surface area contributed by atoms with Crippen molar-refractivity contribution in [2.75, 3.05) is 12.5 Å². The minimum absolute atomic E-state index is 0.280. The summed E-state index contributed by atoms with van der Waals surface area (Å²) < 4.78 is 29.9. The topological polar surface area (TPSA) is 47.2 Å². The fourth-order valence-electron chi connectivity index (χ4n) is 1.41. The molecule has 0 aliphatic carbocycles. The Labute approximate surface area is 106 Å². The third kappa shape index (κ3) is 3.40. The molecule has 0 N–H and O–H groups in total. The number of nitrogens with zero attached hydrogens (tertiary/aromatic N) is 3. The van der Waals surface area contributed by atoms with Crippen molar-refractivity contribution in [1.29, 1.82) is 0 Å². The Morgan fingerprint density at radius 3 is 2.61 bits per heavy atom. The fourth-order valence-corrected chi connectivity index (χ4v) is 1.87. The van der Waals surface area contributed by atoms with Gasteiger partial charge in [0.1, 0.15) is 5.82 Å². The molecule has 2 rings (SSSR count). The van der Waals surface area contributed by atoms with Crippen LogP contribution in [-0.4, -0.2) is 26.5 Å². The van der Waals surface area contributed by atoms with Gasteiger partial charge in [-0.3, -0.25) is 4.21 Å². The average Bonchev–Trinajstić information content (AvgIpc) is 2.75. The monoisotopic (exact) mass is 267 g/mol. The first kappa shape index (κ1) is 12.8. The molecule has 0 aliphatic heterocycles. The van der Waals surface area contributed by atoms with Gasteiger partial charge in [-0.05, 0) is 24.3 Å². The summed E-state index contributed by atoms with van der Waals surface area (Å²) in [6, 6.07) is 6.05. The summed E-state index contributed by atoms with van der Waals surface area (Å²) in [5.41, 5.74) is 1.65. The van der Waals surface area contributed by atoms with E-state index in [2.05, 4.69) is 9.46 Å². The molecule has 0 atom stereocenters. The van der Waals surface area contributed by atoms with Gasteiger partial charge < -0.3 is 0 Å². The Bertz CT molecular complexity index is 646. The quantitative estimate of drug-likeness (QED) is 0.856. The molecule has 2 aromatic rings. The molecule has 18 heavy (non-hydrogen) atoms. The molecule has 96 valence electrons. The van der Waals surface area contributed by atoms with E-state index in [4.69, 9.17) is 0 Å². The van der Waals surface area contributed by atoms with Gasteiger partial charge in [0.15, 0.2) is 0 Å². The van der Waals surface area contributed by atoms with Gasteiger partial charge in [-0.2, -0.15) is 5.10 Å². The highest BCUT2D eigenvalue weighted by molar-refractivity contribution is 7.92. The number of hydrogen-bond donors (Lipinski definition) is 0. The Morgan fingerprint density at radius 1 is 1.33 bits per heavy atom. The van der Waals surface area contributed by atoms with Crippen LogP contribution in [-0.2, 0) is 16.3 Å². The second-order valence-corrected chi connectivity index (χ2v) is 6.86. The van der Waals surface area contributed by atoms with Crippen LogP contribution >= 0.6 is 0 Å². The van der Waals surface area contributed by atoms with Crippen molar-refractivity contribution in [3.05, 3.63) is 48.0 Å². The molecule has 0 fully saturated rings. The van der Waals surface area contributed by atoms with E-state index in [1.807, 2.05) is 0 Å². The Morgan fingerprint density at radius 2 is 2.00 bits per heavy atom. The van der Waals surface area contributed by atoms with Crippen LogP contribution in [0.3, 0.4) is 0 Å².